The van der Waals surface area contributed by atoms with Crippen LogP contribution in [0.2, 0.25) is 0 Å². The molecule has 2 aromatic rings. The Balaban J connectivity index is 1.56. The van der Waals surface area contributed by atoms with E-state index in [2.05, 4.69) is 10.3 Å². The van der Waals surface area contributed by atoms with Gasteiger partial charge in [0.1, 0.15) is 11.6 Å². The van der Waals surface area contributed by atoms with Gasteiger partial charge in [0.25, 0.3) is 5.56 Å². The number of aromatic nitrogens is 2. The number of alkyl halides is 3. The quantitative estimate of drug-likeness (QED) is 0.614. The average Bonchev–Trinajstić information content (AvgIpc) is 3.30. The van der Waals surface area contributed by atoms with E-state index in [9.17, 15) is 22.8 Å². The summed E-state index contributed by atoms with van der Waals surface area (Å²) in [7, 11) is 1.56. The predicted octanol–water partition coefficient (Wildman–Crippen LogP) is 3.36. The van der Waals surface area contributed by atoms with Crippen molar-refractivity contribution >= 4 is 27.5 Å². The number of hydrogen-bond acceptors (Lipinski definition) is 5. The van der Waals surface area contributed by atoms with Crippen molar-refractivity contribution in [1.82, 2.24) is 19.4 Å². The molecule has 3 heterocycles. The van der Waals surface area contributed by atoms with Gasteiger partial charge in [0.2, 0.25) is 0 Å². The second-order valence-corrected chi connectivity index (χ2v) is 11.1. The maximum atomic E-state index is 13.6. The summed E-state index contributed by atoms with van der Waals surface area (Å²) in [6.45, 7) is 3.38. The van der Waals surface area contributed by atoms with Crippen LogP contribution in [0.5, 0.6) is 0 Å². The SMILES string of the molecule is COC/N=C1\NCCN1Cc1sc2c(c1C)c(=O)n(C1CC3(CCC3)C1)c(=O)n2CCC(F)(F)F. The zero-order chi connectivity index (χ0) is 25.0. The number of nitrogens with zero attached hydrogens (tertiary/aromatic N) is 4. The molecule has 5 rings (SSSR count). The zero-order valence-electron chi connectivity index (χ0n) is 19.9. The van der Waals surface area contributed by atoms with Gasteiger partial charge in [-0.15, -0.1) is 11.3 Å². The van der Waals surface area contributed by atoms with Crippen LogP contribution in [-0.2, 0) is 17.8 Å². The Morgan fingerprint density at radius 3 is 2.63 bits per heavy atom. The van der Waals surface area contributed by atoms with Gasteiger partial charge in [-0.05, 0) is 43.6 Å². The number of fused-ring (bicyclic) bond motifs is 1. The number of ether oxygens (including phenoxy) is 1. The van der Waals surface area contributed by atoms with Gasteiger partial charge in [-0.25, -0.2) is 9.79 Å². The smallest absolute Gasteiger partial charge is 0.362 e. The Labute approximate surface area is 204 Å². The second-order valence-electron chi connectivity index (χ2n) is 9.97. The normalized spacial score (nSPS) is 21.1. The van der Waals surface area contributed by atoms with Crippen LogP contribution in [0.1, 0.15) is 55.0 Å². The van der Waals surface area contributed by atoms with Gasteiger partial charge in [-0.1, -0.05) is 6.42 Å². The van der Waals surface area contributed by atoms with Gasteiger partial charge in [-0.3, -0.25) is 13.9 Å². The van der Waals surface area contributed by atoms with E-state index in [0.29, 0.717) is 35.8 Å². The first-order valence-electron chi connectivity index (χ1n) is 12.0. The topological polar surface area (TPSA) is 80.9 Å². The fourth-order valence-electron chi connectivity index (χ4n) is 5.66. The lowest BCUT2D eigenvalue weighted by molar-refractivity contribution is -0.136. The third kappa shape index (κ3) is 4.39. The van der Waals surface area contributed by atoms with Crippen LogP contribution in [0.25, 0.3) is 10.2 Å². The molecule has 0 atom stereocenters. The monoisotopic (exact) mass is 513 g/mol. The Bertz CT molecular complexity index is 1270. The Morgan fingerprint density at radius 2 is 2.00 bits per heavy atom. The first-order chi connectivity index (χ1) is 16.6. The van der Waals surface area contributed by atoms with Crippen molar-refractivity contribution in [2.24, 2.45) is 10.4 Å². The molecular formula is C23H30F3N5O3S. The second kappa shape index (κ2) is 8.95. The van der Waals surface area contributed by atoms with Crippen LogP contribution in [0, 0.1) is 12.3 Å². The summed E-state index contributed by atoms with van der Waals surface area (Å²) in [5.41, 5.74) is -0.0537. The summed E-state index contributed by atoms with van der Waals surface area (Å²) in [4.78, 5) is 34.6. The minimum atomic E-state index is -4.40. The number of thiophene rings is 1. The van der Waals surface area contributed by atoms with E-state index in [1.54, 1.807) is 7.11 Å². The van der Waals surface area contributed by atoms with Gasteiger partial charge in [0.05, 0.1) is 18.4 Å². The molecule has 192 valence electrons. The molecule has 2 aromatic heterocycles. The Kier molecular flexibility index (Phi) is 6.23. The van der Waals surface area contributed by atoms with E-state index in [1.165, 1.54) is 20.5 Å². The van der Waals surface area contributed by atoms with Crippen molar-refractivity contribution in [3.8, 4) is 0 Å². The average molecular weight is 514 g/mol. The van der Waals surface area contributed by atoms with Crippen LogP contribution in [0.4, 0.5) is 13.2 Å². The largest absolute Gasteiger partial charge is 0.390 e. The number of halogens is 3. The van der Waals surface area contributed by atoms with E-state index < -0.39 is 24.8 Å². The molecule has 2 saturated carbocycles. The number of rotatable bonds is 7. The summed E-state index contributed by atoms with van der Waals surface area (Å²) < 4.78 is 46.8. The number of nitrogens with one attached hydrogen (secondary N) is 1. The maximum Gasteiger partial charge on any atom is 0.390 e. The molecule has 12 heteroatoms. The van der Waals surface area contributed by atoms with Gasteiger partial charge in [0, 0.05) is 37.7 Å². The Morgan fingerprint density at radius 1 is 1.26 bits per heavy atom. The molecule has 8 nitrogen and oxygen atoms in total. The fourth-order valence-corrected chi connectivity index (χ4v) is 6.99. The lowest BCUT2D eigenvalue weighted by atomic mass is 9.54. The van der Waals surface area contributed by atoms with E-state index >= 15 is 0 Å². The van der Waals surface area contributed by atoms with Crippen molar-refractivity contribution in [3.63, 3.8) is 0 Å². The van der Waals surface area contributed by atoms with Gasteiger partial charge in [0.15, 0.2) is 5.96 Å². The van der Waals surface area contributed by atoms with Crippen LogP contribution in [-0.4, -0.2) is 53.1 Å². The number of methoxy groups -OCH3 is 1. The van der Waals surface area contributed by atoms with E-state index in [4.69, 9.17) is 4.74 Å². The number of hydrogen-bond donors (Lipinski definition) is 1. The predicted molar refractivity (Wildman–Crippen MR) is 128 cm³/mol. The third-order valence-electron chi connectivity index (χ3n) is 7.72. The molecule has 0 bridgehead atoms. The number of guanidine groups is 1. The van der Waals surface area contributed by atoms with Crippen molar-refractivity contribution in [1.29, 1.82) is 0 Å². The first kappa shape index (κ1) is 24.4. The van der Waals surface area contributed by atoms with Crippen molar-refractivity contribution in [3.05, 3.63) is 31.3 Å². The molecule has 1 aliphatic heterocycles. The fraction of sp³-hybridized carbons (Fsp3) is 0.696. The van der Waals surface area contributed by atoms with E-state index in [0.717, 1.165) is 42.5 Å². The highest BCUT2D eigenvalue weighted by Crippen LogP contribution is 2.59. The molecule has 1 N–H and O–H groups in total. The molecule has 2 aliphatic carbocycles. The van der Waals surface area contributed by atoms with Crippen molar-refractivity contribution in [2.75, 3.05) is 26.9 Å². The highest BCUT2D eigenvalue weighted by molar-refractivity contribution is 7.18. The molecule has 0 radical (unpaired) electrons. The summed E-state index contributed by atoms with van der Waals surface area (Å²) in [6.07, 6.45) is -0.663. The van der Waals surface area contributed by atoms with Crippen molar-refractivity contribution in [2.45, 2.75) is 70.8 Å². The van der Waals surface area contributed by atoms with Crippen LogP contribution >= 0.6 is 11.3 Å². The molecule has 3 aliphatic rings. The molecule has 3 fully saturated rings. The molecule has 1 spiro atoms. The highest BCUT2D eigenvalue weighted by Gasteiger charge is 2.49. The molecule has 0 unspecified atom stereocenters. The lowest BCUT2D eigenvalue weighted by Gasteiger charge is -2.54. The lowest BCUT2D eigenvalue weighted by Crippen LogP contribution is -2.51. The van der Waals surface area contributed by atoms with Gasteiger partial charge < -0.3 is 15.0 Å². The highest BCUT2D eigenvalue weighted by atomic mass is 32.1. The Hall–Kier alpha value is -2.34. The first-order valence-corrected chi connectivity index (χ1v) is 12.8. The summed E-state index contributed by atoms with van der Waals surface area (Å²) in [6, 6.07) is -0.241. The van der Waals surface area contributed by atoms with Gasteiger partial charge in [-0.2, -0.15) is 13.2 Å². The summed E-state index contributed by atoms with van der Waals surface area (Å²) in [5, 5.41) is 3.56. The molecule has 35 heavy (non-hydrogen) atoms. The van der Waals surface area contributed by atoms with E-state index in [-0.39, 0.29) is 23.7 Å². The number of aliphatic imine (C=N–C) groups is 1. The maximum absolute atomic E-state index is 13.6. The number of aryl methyl sites for hydroxylation is 2. The molecule has 0 amide bonds. The molecular weight excluding hydrogens is 483 g/mol. The van der Waals surface area contributed by atoms with Crippen LogP contribution < -0.4 is 16.6 Å². The minimum absolute atomic E-state index is 0.203. The molecule has 0 aromatic carbocycles. The molecule has 1 saturated heterocycles. The summed E-state index contributed by atoms with van der Waals surface area (Å²) in [5.74, 6) is 0.677. The van der Waals surface area contributed by atoms with Crippen LogP contribution in [0.3, 0.4) is 0 Å². The van der Waals surface area contributed by atoms with Gasteiger partial charge >= 0.3 is 11.9 Å². The minimum Gasteiger partial charge on any atom is -0.362 e. The summed E-state index contributed by atoms with van der Waals surface area (Å²) >= 11 is 1.23. The zero-order valence-corrected chi connectivity index (χ0v) is 20.7. The van der Waals surface area contributed by atoms with Crippen molar-refractivity contribution < 1.29 is 17.9 Å². The standard InChI is InChI=1S/C23H30F3N5O3S/c1-14-16(12-29-9-7-27-20(29)28-13-34-2)35-19-17(14)18(32)31(15-10-22(11-15)4-3-5-22)21(33)30(19)8-6-23(24,25)26/h15H,3-13H2,1-2H3,(H,27,28). The van der Waals surface area contributed by atoms with Crippen LogP contribution in [0.15, 0.2) is 14.6 Å². The third-order valence-corrected chi connectivity index (χ3v) is 9.02. The van der Waals surface area contributed by atoms with E-state index in [1.807, 2.05) is 11.8 Å².